The highest BCUT2D eigenvalue weighted by molar-refractivity contribution is 6.46. The molecule has 1 unspecified atom stereocenters. The van der Waals surface area contributed by atoms with Crippen molar-refractivity contribution >= 4 is 29.1 Å². The minimum Gasteiger partial charge on any atom is -0.507 e. The summed E-state index contributed by atoms with van der Waals surface area (Å²) < 4.78 is 5.65. The fraction of sp³-hybridized carbons (Fsp3) is 0.360. The molecule has 0 radical (unpaired) electrons. The van der Waals surface area contributed by atoms with Gasteiger partial charge in [0.1, 0.15) is 11.5 Å². The molecule has 0 bridgehead atoms. The van der Waals surface area contributed by atoms with Gasteiger partial charge in [-0.05, 0) is 82.9 Å². The largest absolute Gasteiger partial charge is 0.507 e. The van der Waals surface area contributed by atoms with Crippen LogP contribution in [0.4, 0.5) is 0 Å². The number of hydrogen-bond donors (Lipinski definition) is 1. The van der Waals surface area contributed by atoms with E-state index in [9.17, 15) is 14.7 Å². The van der Waals surface area contributed by atoms with Crippen molar-refractivity contribution in [1.29, 1.82) is 0 Å². The van der Waals surface area contributed by atoms with Gasteiger partial charge in [0.05, 0.1) is 17.7 Å². The number of hydrogen-bond acceptors (Lipinski definition) is 5. The van der Waals surface area contributed by atoms with Crippen LogP contribution in [0.25, 0.3) is 5.76 Å². The number of likely N-dealkylation sites (tertiary alicyclic amines) is 1. The van der Waals surface area contributed by atoms with E-state index in [-0.39, 0.29) is 17.4 Å². The number of halogens is 1. The van der Waals surface area contributed by atoms with Crippen LogP contribution in [-0.2, 0) is 9.59 Å². The summed E-state index contributed by atoms with van der Waals surface area (Å²) in [6, 6.07) is 13.2. The highest BCUT2D eigenvalue weighted by Crippen LogP contribution is 2.40. The third kappa shape index (κ3) is 5.31. The van der Waals surface area contributed by atoms with Crippen LogP contribution in [-0.4, -0.2) is 59.9 Å². The second-order valence-corrected chi connectivity index (χ2v) is 8.83. The smallest absolute Gasteiger partial charge is 0.295 e. The number of Topliss-reactive ketones (excluding diaryl/α,β-unsaturated/α-hetero) is 1. The molecule has 1 N–H and O–H groups in total. The minimum absolute atomic E-state index is 0.0183. The van der Waals surface area contributed by atoms with E-state index in [0.717, 1.165) is 6.54 Å². The second-order valence-electron chi connectivity index (χ2n) is 8.40. The Labute approximate surface area is 194 Å². The number of carbonyl (C=O) groups is 2. The number of carbonyl (C=O) groups excluding carboxylic acids is 2. The van der Waals surface area contributed by atoms with Crippen LogP contribution < -0.4 is 4.74 Å². The Balaban J connectivity index is 2.04. The zero-order valence-electron chi connectivity index (χ0n) is 18.8. The van der Waals surface area contributed by atoms with Crippen LogP contribution >= 0.6 is 11.6 Å². The van der Waals surface area contributed by atoms with Crippen molar-refractivity contribution in [2.24, 2.45) is 0 Å². The number of ether oxygens (including phenoxy) is 1. The Morgan fingerprint density at radius 2 is 1.84 bits per heavy atom. The lowest BCUT2D eigenvalue weighted by Crippen LogP contribution is -2.32. The van der Waals surface area contributed by atoms with E-state index < -0.39 is 17.7 Å². The van der Waals surface area contributed by atoms with Gasteiger partial charge in [0, 0.05) is 17.1 Å². The van der Waals surface area contributed by atoms with Gasteiger partial charge >= 0.3 is 0 Å². The molecule has 32 heavy (non-hydrogen) atoms. The summed E-state index contributed by atoms with van der Waals surface area (Å²) in [6.45, 7) is 5.01. The van der Waals surface area contributed by atoms with Gasteiger partial charge in [-0.15, -0.1) is 0 Å². The topological polar surface area (TPSA) is 70.1 Å². The van der Waals surface area contributed by atoms with Gasteiger partial charge in [-0.3, -0.25) is 9.59 Å². The Morgan fingerprint density at radius 3 is 2.44 bits per heavy atom. The summed E-state index contributed by atoms with van der Waals surface area (Å²) in [5.41, 5.74) is 1.20. The van der Waals surface area contributed by atoms with E-state index in [1.807, 2.05) is 38.9 Å². The summed E-state index contributed by atoms with van der Waals surface area (Å²) in [6.07, 6.45) is 0.711. The van der Waals surface area contributed by atoms with Crippen LogP contribution in [0, 0.1) is 0 Å². The molecule has 1 aliphatic rings. The van der Waals surface area contributed by atoms with Gasteiger partial charge in [0.15, 0.2) is 0 Å². The molecule has 170 valence electrons. The molecule has 1 saturated heterocycles. The molecule has 1 fully saturated rings. The van der Waals surface area contributed by atoms with Crippen molar-refractivity contribution in [3.8, 4) is 5.75 Å². The molecule has 0 saturated carbocycles. The van der Waals surface area contributed by atoms with Gasteiger partial charge in [-0.2, -0.15) is 0 Å². The molecular weight excluding hydrogens is 428 g/mol. The fourth-order valence-electron chi connectivity index (χ4n) is 3.81. The van der Waals surface area contributed by atoms with Crippen molar-refractivity contribution in [3.05, 3.63) is 70.3 Å². The number of aliphatic hydroxyl groups excluding tert-OH is 1. The average molecular weight is 457 g/mol. The first-order valence-electron chi connectivity index (χ1n) is 10.6. The average Bonchev–Trinajstić information content (AvgIpc) is 2.98. The van der Waals surface area contributed by atoms with Crippen LogP contribution in [0.15, 0.2) is 54.1 Å². The molecule has 3 rings (SSSR count). The maximum Gasteiger partial charge on any atom is 0.295 e. The van der Waals surface area contributed by atoms with Gasteiger partial charge in [0.2, 0.25) is 0 Å². The van der Waals surface area contributed by atoms with Crippen LogP contribution in [0.2, 0.25) is 5.02 Å². The summed E-state index contributed by atoms with van der Waals surface area (Å²) in [7, 11) is 3.91. The highest BCUT2D eigenvalue weighted by atomic mass is 35.5. The molecule has 1 amide bonds. The zero-order valence-corrected chi connectivity index (χ0v) is 19.6. The molecule has 7 heteroatoms. The maximum atomic E-state index is 13.0. The maximum absolute atomic E-state index is 13.0. The minimum atomic E-state index is -0.706. The van der Waals surface area contributed by atoms with E-state index in [1.165, 1.54) is 4.90 Å². The Bertz CT molecular complexity index is 1010. The first-order chi connectivity index (χ1) is 15.2. The number of ketones is 1. The number of amides is 1. The Hall–Kier alpha value is -2.83. The van der Waals surface area contributed by atoms with Gasteiger partial charge < -0.3 is 19.6 Å². The molecule has 2 aromatic carbocycles. The third-order valence-electron chi connectivity index (χ3n) is 5.21. The molecular formula is C25H29ClN2O4. The highest BCUT2D eigenvalue weighted by Gasteiger charge is 2.45. The van der Waals surface area contributed by atoms with Gasteiger partial charge in [0.25, 0.3) is 11.7 Å². The lowest BCUT2D eigenvalue weighted by atomic mass is 9.95. The number of benzene rings is 2. The zero-order chi connectivity index (χ0) is 23.4. The van der Waals surface area contributed by atoms with Crippen molar-refractivity contribution < 1.29 is 19.4 Å². The second kappa shape index (κ2) is 10.2. The summed E-state index contributed by atoms with van der Waals surface area (Å²) in [4.78, 5) is 29.5. The molecule has 1 aliphatic heterocycles. The molecule has 0 aliphatic carbocycles. The quantitative estimate of drug-likeness (QED) is 0.360. The lowest BCUT2D eigenvalue weighted by molar-refractivity contribution is -0.139. The molecule has 1 atom stereocenters. The SMILES string of the molecule is CC(C)Oc1ccc(/C(O)=C2/C(=O)C(=O)N(CCCN(C)C)C2c2cccc(Cl)c2)cc1. The molecule has 1 heterocycles. The Kier molecular flexibility index (Phi) is 7.59. The van der Waals surface area contributed by atoms with E-state index in [1.54, 1.807) is 42.5 Å². The molecule has 0 spiro atoms. The predicted molar refractivity (Wildman–Crippen MR) is 126 cm³/mol. The Morgan fingerprint density at radius 1 is 1.16 bits per heavy atom. The summed E-state index contributed by atoms with van der Waals surface area (Å²) in [5.74, 6) is -0.860. The summed E-state index contributed by atoms with van der Waals surface area (Å²) in [5, 5.41) is 11.6. The lowest BCUT2D eigenvalue weighted by Gasteiger charge is -2.26. The fourth-order valence-corrected chi connectivity index (χ4v) is 4.01. The van der Waals surface area contributed by atoms with Crippen molar-refractivity contribution in [2.45, 2.75) is 32.4 Å². The van der Waals surface area contributed by atoms with Crippen molar-refractivity contribution in [3.63, 3.8) is 0 Å². The molecule has 6 nitrogen and oxygen atoms in total. The van der Waals surface area contributed by atoms with Crippen LogP contribution in [0.1, 0.15) is 37.4 Å². The number of aliphatic hydroxyl groups is 1. The standard InChI is InChI=1S/C25H29ClN2O4/c1-16(2)32-20-11-9-17(10-12-20)23(29)21-22(18-7-5-8-19(26)15-18)28(25(31)24(21)30)14-6-13-27(3)4/h5,7-12,15-16,22,29H,6,13-14H2,1-4H3/b23-21-. The molecule has 0 aromatic heterocycles. The number of nitrogens with zero attached hydrogens (tertiary/aromatic N) is 2. The van der Waals surface area contributed by atoms with Gasteiger partial charge in [-0.1, -0.05) is 23.7 Å². The third-order valence-corrected chi connectivity index (χ3v) is 5.44. The number of rotatable bonds is 8. The van der Waals surface area contributed by atoms with Gasteiger partial charge in [-0.25, -0.2) is 0 Å². The monoisotopic (exact) mass is 456 g/mol. The summed E-state index contributed by atoms with van der Waals surface area (Å²) >= 11 is 6.21. The van der Waals surface area contributed by atoms with Crippen LogP contribution in [0.5, 0.6) is 5.75 Å². The molecule has 2 aromatic rings. The van der Waals surface area contributed by atoms with Crippen LogP contribution in [0.3, 0.4) is 0 Å². The first-order valence-corrected chi connectivity index (χ1v) is 11.0. The van der Waals surface area contributed by atoms with E-state index in [4.69, 9.17) is 16.3 Å². The van der Waals surface area contributed by atoms with E-state index >= 15 is 0 Å². The van der Waals surface area contributed by atoms with E-state index in [0.29, 0.717) is 34.9 Å². The van der Waals surface area contributed by atoms with Crippen molar-refractivity contribution in [2.75, 3.05) is 27.2 Å². The normalized spacial score (nSPS) is 18.1. The van der Waals surface area contributed by atoms with Crippen molar-refractivity contribution in [1.82, 2.24) is 9.80 Å². The first kappa shape index (κ1) is 23.8. The predicted octanol–water partition coefficient (Wildman–Crippen LogP) is 4.50. The van der Waals surface area contributed by atoms with E-state index in [2.05, 4.69) is 0 Å².